The number of benzene rings is 3. The van der Waals surface area contributed by atoms with E-state index in [0.29, 0.717) is 25.9 Å². The number of nitrogens with one attached hydrogen (secondary N) is 1. The second-order valence-corrected chi connectivity index (χ2v) is 8.40. The molecule has 1 N–H and O–H groups in total. The number of carbonyl (C=O) groups excluding carboxylic acids is 2. The van der Waals surface area contributed by atoms with Crippen LogP contribution in [-0.4, -0.2) is 31.2 Å². The summed E-state index contributed by atoms with van der Waals surface area (Å²) in [6.45, 7) is 7.13. The monoisotopic (exact) mass is 446 g/mol. The molecule has 0 aliphatic rings. The van der Waals surface area contributed by atoms with Gasteiger partial charge in [-0.05, 0) is 78.3 Å². The maximum absolute atomic E-state index is 13.2. The summed E-state index contributed by atoms with van der Waals surface area (Å²) in [4.78, 5) is 25.0. The normalized spacial score (nSPS) is 10.7. The molecule has 4 nitrogen and oxygen atoms in total. The summed E-state index contributed by atoms with van der Waals surface area (Å²) >= 11 is 0. The predicted molar refractivity (Wildman–Crippen MR) is 132 cm³/mol. The second kappa shape index (κ2) is 10.9. The Labute approximate surface area is 195 Å². The van der Waals surface area contributed by atoms with Crippen molar-refractivity contribution in [1.82, 2.24) is 4.90 Å². The van der Waals surface area contributed by atoms with Crippen LogP contribution < -0.4 is 5.32 Å². The van der Waals surface area contributed by atoms with E-state index in [2.05, 4.69) is 43.4 Å². The molecule has 0 aromatic heterocycles. The minimum Gasteiger partial charge on any atom is -0.388 e. The Kier molecular flexibility index (Phi) is 7.99. The van der Waals surface area contributed by atoms with E-state index in [4.69, 9.17) is 0 Å². The first-order valence-corrected chi connectivity index (χ1v) is 11.2. The smallest absolute Gasteiger partial charge is 0.210 e. The van der Waals surface area contributed by atoms with Gasteiger partial charge in [0.2, 0.25) is 6.41 Å². The molecule has 0 saturated heterocycles. The van der Waals surface area contributed by atoms with Gasteiger partial charge in [-0.25, -0.2) is 4.39 Å². The highest BCUT2D eigenvalue weighted by Gasteiger charge is 2.20. The molecule has 0 radical (unpaired) electrons. The Morgan fingerprint density at radius 2 is 1.58 bits per heavy atom. The third-order valence-electron chi connectivity index (χ3n) is 6.23. The molecular formula is C28H31FN2O2. The van der Waals surface area contributed by atoms with Gasteiger partial charge in [0, 0.05) is 32.2 Å². The lowest BCUT2D eigenvalue weighted by Gasteiger charge is -2.25. The van der Waals surface area contributed by atoms with E-state index in [-0.39, 0.29) is 5.82 Å². The molecule has 3 aromatic carbocycles. The summed E-state index contributed by atoms with van der Waals surface area (Å²) < 4.78 is 13.2. The first-order valence-electron chi connectivity index (χ1n) is 11.2. The molecule has 33 heavy (non-hydrogen) atoms. The van der Waals surface area contributed by atoms with Crippen molar-refractivity contribution in [2.75, 3.05) is 18.9 Å². The lowest BCUT2D eigenvalue weighted by atomic mass is 9.84. The summed E-state index contributed by atoms with van der Waals surface area (Å²) in [5.74, 6) is -0.291. The van der Waals surface area contributed by atoms with E-state index >= 15 is 0 Å². The SMILES string of the molecule is CNc1c(C)c(CC=O)c(-c2ccc(C)cc2)c(C)c1CCN(C=O)Cc1ccc(F)cc1. The van der Waals surface area contributed by atoms with Gasteiger partial charge in [-0.3, -0.25) is 4.79 Å². The minimum absolute atomic E-state index is 0.291. The van der Waals surface area contributed by atoms with Crippen molar-refractivity contribution < 1.29 is 14.0 Å². The number of carbonyl (C=O) groups is 2. The first kappa shape index (κ1) is 24.2. The third kappa shape index (κ3) is 5.48. The van der Waals surface area contributed by atoms with Gasteiger partial charge >= 0.3 is 0 Å². The molecule has 0 aliphatic carbocycles. The largest absolute Gasteiger partial charge is 0.388 e. The van der Waals surface area contributed by atoms with Crippen LogP contribution in [0.4, 0.5) is 10.1 Å². The van der Waals surface area contributed by atoms with Gasteiger partial charge in [0.25, 0.3) is 0 Å². The maximum Gasteiger partial charge on any atom is 0.210 e. The minimum atomic E-state index is -0.291. The van der Waals surface area contributed by atoms with Crippen LogP contribution in [0.1, 0.15) is 33.4 Å². The number of aldehydes is 1. The zero-order valence-corrected chi connectivity index (χ0v) is 19.7. The zero-order valence-electron chi connectivity index (χ0n) is 19.7. The molecule has 0 bridgehead atoms. The molecule has 0 aliphatic heterocycles. The van der Waals surface area contributed by atoms with Crippen LogP contribution >= 0.6 is 0 Å². The van der Waals surface area contributed by atoms with Crippen LogP contribution in [0.3, 0.4) is 0 Å². The van der Waals surface area contributed by atoms with Crippen molar-refractivity contribution in [3.8, 4) is 11.1 Å². The van der Waals surface area contributed by atoms with Gasteiger partial charge in [-0.2, -0.15) is 0 Å². The molecular weight excluding hydrogens is 415 g/mol. The molecule has 0 atom stereocenters. The van der Waals surface area contributed by atoms with Gasteiger partial charge in [0.05, 0.1) is 0 Å². The van der Waals surface area contributed by atoms with Crippen molar-refractivity contribution in [3.63, 3.8) is 0 Å². The van der Waals surface area contributed by atoms with Crippen LogP contribution in [0.25, 0.3) is 11.1 Å². The van der Waals surface area contributed by atoms with Crippen molar-refractivity contribution in [2.24, 2.45) is 0 Å². The molecule has 172 valence electrons. The fourth-order valence-electron chi connectivity index (χ4n) is 4.48. The van der Waals surface area contributed by atoms with Crippen molar-refractivity contribution in [2.45, 2.75) is 40.2 Å². The maximum atomic E-state index is 13.2. The number of hydrogen-bond acceptors (Lipinski definition) is 3. The number of aryl methyl sites for hydroxylation is 1. The summed E-state index contributed by atoms with van der Waals surface area (Å²) in [5, 5.41) is 3.32. The van der Waals surface area contributed by atoms with Gasteiger partial charge in [0.15, 0.2) is 0 Å². The average Bonchev–Trinajstić information content (AvgIpc) is 2.81. The summed E-state index contributed by atoms with van der Waals surface area (Å²) in [5.41, 5.74) is 9.56. The fraction of sp³-hybridized carbons (Fsp3) is 0.286. The van der Waals surface area contributed by atoms with E-state index in [9.17, 15) is 14.0 Å². The second-order valence-electron chi connectivity index (χ2n) is 8.40. The number of rotatable bonds is 10. The number of hydrogen-bond donors (Lipinski definition) is 1. The summed E-state index contributed by atoms with van der Waals surface area (Å²) in [6, 6.07) is 14.6. The number of nitrogens with zero attached hydrogens (tertiary/aromatic N) is 1. The predicted octanol–water partition coefficient (Wildman–Crippen LogP) is 5.40. The van der Waals surface area contributed by atoms with Crippen molar-refractivity contribution >= 4 is 18.4 Å². The zero-order chi connectivity index (χ0) is 24.0. The highest BCUT2D eigenvalue weighted by molar-refractivity contribution is 5.82. The van der Waals surface area contributed by atoms with E-state index in [1.165, 1.54) is 17.7 Å². The van der Waals surface area contributed by atoms with Crippen molar-refractivity contribution in [1.29, 1.82) is 0 Å². The third-order valence-corrected chi connectivity index (χ3v) is 6.23. The van der Waals surface area contributed by atoms with Crippen LogP contribution in [0.2, 0.25) is 0 Å². The molecule has 1 amide bonds. The van der Waals surface area contributed by atoms with Gasteiger partial charge in [-0.15, -0.1) is 0 Å². The molecule has 0 fully saturated rings. The highest BCUT2D eigenvalue weighted by atomic mass is 19.1. The average molecular weight is 447 g/mol. The molecule has 0 saturated carbocycles. The molecule has 0 spiro atoms. The Morgan fingerprint density at radius 3 is 2.15 bits per heavy atom. The topological polar surface area (TPSA) is 49.4 Å². The lowest BCUT2D eigenvalue weighted by molar-refractivity contribution is -0.118. The summed E-state index contributed by atoms with van der Waals surface area (Å²) in [7, 11) is 1.89. The van der Waals surface area contributed by atoms with Crippen LogP contribution in [-0.2, 0) is 29.0 Å². The molecule has 0 heterocycles. The fourth-order valence-corrected chi connectivity index (χ4v) is 4.48. The van der Waals surface area contributed by atoms with E-state index < -0.39 is 0 Å². The Hall–Kier alpha value is -3.47. The first-order chi connectivity index (χ1) is 15.9. The summed E-state index contributed by atoms with van der Waals surface area (Å²) in [6.07, 6.45) is 2.79. The Balaban J connectivity index is 1.99. The van der Waals surface area contributed by atoms with Crippen LogP contribution in [0.15, 0.2) is 48.5 Å². The van der Waals surface area contributed by atoms with Gasteiger partial charge < -0.3 is 15.0 Å². The van der Waals surface area contributed by atoms with Crippen LogP contribution in [0.5, 0.6) is 0 Å². The lowest BCUT2D eigenvalue weighted by Crippen LogP contribution is -2.25. The Bertz CT molecular complexity index is 1120. The molecule has 0 unspecified atom stereocenters. The van der Waals surface area contributed by atoms with E-state index in [0.717, 1.165) is 57.3 Å². The Morgan fingerprint density at radius 1 is 0.909 bits per heavy atom. The molecule has 3 aromatic rings. The van der Waals surface area contributed by atoms with E-state index in [1.54, 1.807) is 17.0 Å². The number of halogens is 1. The molecule has 3 rings (SSSR count). The number of amides is 1. The quantitative estimate of drug-likeness (QED) is 0.424. The standard InChI is InChI=1S/C28H31FN2O2/c1-19-5-9-23(10-6-19)27-20(2)26(28(30-4)21(3)25(27)14-16-32)13-15-31(18-33)17-22-7-11-24(29)12-8-22/h5-12,16,18,30H,13-15,17H2,1-4H3. The van der Waals surface area contributed by atoms with Crippen molar-refractivity contribution in [3.05, 3.63) is 87.7 Å². The molecule has 5 heteroatoms. The number of anilines is 1. The van der Waals surface area contributed by atoms with Gasteiger partial charge in [-0.1, -0.05) is 42.0 Å². The van der Waals surface area contributed by atoms with Gasteiger partial charge in [0.1, 0.15) is 12.1 Å². The van der Waals surface area contributed by atoms with E-state index in [1.807, 2.05) is 14.0 Å². The van der Waals surface area contributed by atoms with Crippen LogP contribution in [0, 0.1) is 26.6 Å². The highest BCUT2D eigenvalue weighted by Crippen LogP contribution is 2.38.